The number of nitrogens with one attached hydrogen (secondary N) is 1. The van der Waals surface area contributed by atoms with Gasteiger partial charge in [0.2, 0.25) is 5.91 Å². The molecule has 0 aromatic rings. The van der Waals surface area contributed by atoms with Gasteiger partial charge in [-0.3, -0.25) is 4.79 Å². The molecule has 0 spiro atoms. The molecule has 0 aromatic heterocycles. The number of carbonyl (C=O) groups is 1. The van der Waals surface area contributed by atoms with Crippen LogP contribution >= 0.6 is 0 Å². The molecule has 0 aromatic carbocycles. The summed E-state index contributed by atoms with van der Waals surface area (Å²) in [6, 6.07) is 0.343. The lowest BCUT2D eigenvalue weighted by Crippen LogP contribution is -2.50. The molecule has 1 N–H and O–H groups in total. The summed E-state index contributed by atoms with van der Waals surface area (Å²) in [5.74, 6) is 1.00. The number of hydrogen-bond acceptors (Lipinski definition) is 2. The molecule has 0 bridgehead atoms. The van der Waals surface area contributed by atoms with E-state index in [2.05, 4.69) is 33.0 Å². The molecule has 18 heavy (non-hydrogen) atoms. The standard InChI is InChI=1S/C15H30N2O/c1-6-15(7-9-16-10-8-15)14(18)17(5)13(4)11-12(2)3/h12-13,16H,6-11H2,1-5H3. The fraction of sp³-hybridized carbons (Fsp3) is 0.933. The van der Waals surface area contributed by atoms with E-state index in [-0.39, 0.29) is 5.41 Å². The van der Waals surface area contributed by atoms with Gasteiger partial charge in [0.15, 0.2) is 0 Å². The maximum atomic E-state index is 12.8. The van der Waals surface area contributed by atoms with Gasteiger partial charge < -0.3 is 10.2 Å². The Balaban J connectivity index is 2.70. The Morgan fingerprint density at radius 2 is 1.83 bits per heavy atom. The van der Waals surface area contributed by atoms with Crippen LogP contribution in [-0.2, 0) is 4.79 Å². The van der Waals surface area contributed by atoms with Crippen LogP contribution in [-0.4, -0.2) is 37.0 Å². The summed E-state index contributed by atoms with van der Waals surface area (Å²) in [5, 5.41) is 3.36. The number of piperidine rings is 1. The maximum absolute atomic E-state index is 12.8. The minimum atomic E-state index is -0.106. The van der Waals surface area contributed by atoms with Gasteiger partial charge >= 0.3 is 0 Å². The number of carbonyl (C=O) groups excluding carboxylic acids is 1. The van der Waals surface area contributed by atoms with Crippen molar-refractivity contribution >= 4 is 5.91 Å². The van der Waals surface area contributed by atoms with Crippen LogP contribution < -0.4 is 5.32 Å². The molecule has 1 aliphatic rings. The molecule has 0 radical (unpaired) electrons. The lowest BCUT2D eigenvalue weighted by Gasteiger charge is -2.40. The Morgan fingerprint density at radius 3 is 2.28 bits per heavy atom. The quantitative estimate of drug-likeness (QED) is 0.818. The van der Waals surface area contributed by atoms with Crippen molar-refractivity contribution in [2.45, 2.75) is 59.4 Å². The third kappa shape index (κ3) is 3.47. The van der Waals surface area contributed by atoms with Crippen LogP contribution in [0.4, 0.5) is 0 Å². The van der Waals surface area contributed by atoms with Crippen LogP contribution in [0, 0.1) is 11.3 Å². The highest BCUT2D eigenvalue weighted by atomic mass is 16.2. The molecule has 1 aliphatic heterocycles. The smallest absolute Gasteiger partial charge is 0.228 e. The Bertz CT molecular complexity index is 270. The molecule has 106 valence electrons. The van der Waals surface area contributed by atoms with E-state index in [9.17, 15) is 4.79 Å². The molecule has 3 nitrogen and oxygen atoms in total. The number of nitrogens with zero attached hydrogens (tertiary/aromatic N) is 1. The lowest BCUT2D eigenvalue weighted by atomic mass is 9.75. The van der Waals surface area contributed by atoms with Crippen molar-refractivity contribution in [3.05, 3.63) is 0 Å². The molecule has 1 amide bonds. The zero-order chi connectivity index (χ0) is 13.8. The van der Waals surface area contributed by atoms with Crippen molar-refractivity contribution < 1.29 is 4.79 Å². The monoisotopic (exact) mass is 254 g/mol. The van der Waals surface area contributed by atoms with Crippen molar-refractivity contribution in [1.29, 1.82) is 0 Å². The van der Waals surface area contributed by atoms with Crippen LogP contribution in [0.3, 0.4) is 0 Å². The van der Waals surface area contributed by atoms with Gasteiger partial charge in [-0.2, -0.15) is 0 Å². The fourth-order valence-electron chi connectivity index (χ4n) is 3.04. The van der Waals surface area contributed by atoms with Crippen molar-refractivity contribution in [2.75, 3.05) is 20.1 Å². The minimum Gasteiger partial charge on any atom is -0.343 e. The second-order valence-corrected chi connectivity index (χ2v) is 6.28. The zero-order valence-electron chi connectivity index (χ0n) is 12.8. The molecule has 0 saturated carbocycles. The predicted molar refractivity (Wildman–Crippen MR) is 76.5 cm³/mol. The summed E-state index contributed by atoms with van der Waals surface area (Å²) >= 11 is 0. The van der Waals surface area contributed by atoms with E-state index >= 15 is 0 Å². The third-order valence-electron chi connectivity index (χ3n) is 4.49. The molecule has 1 heterocycles. The van der Waals surface area contributed by atoms with E-state index in [1.165, 1.54) is 0 Å². The molecule has 1 rings (SSSR count). The van der Waals surface area contributed by atoms with Gasteiger partial charge in [0.1, 0.15) is 0 Å². The number of hydrogen-bond donors (Lipinski definition) is 1. The van der Waals surface area contributed by atoms with E-state index in [0.717, 1.165) is 38.8 Å². The lowest BCUT2D eigenvalue weighted by molar-refractivity contribution is -0.145. The average molecular weight is 254 g/mol. The van der Waals surface area contributed by atoms with Gasteiger partial charge in [0, 0.05) is 13.1 Å². The largest absolute Gasteiger partial charge is 0.343 e. The first-order valence-corrected chi connectivity index (χ1v) is 7.41. The van der Waals surface area contributed by atoms with E-state index in [1.807, 2.05) is 11.9 Å². The number of amides is 1. The topological polar surface area (TPSA) is 32.3 Å². The normalized spacial score (nSPS) is 20.8. The Labute approximate surface area is 112 Å². The second-order valence-electron chi connectivity index (χ2n) is 6.28. The van der Waals surface area contributed by atoms with Crippen molar-refractivity contribution in [3.8, 4) is 0 Å². The molecule has 1 fully saturated rings. The Hall–Kier alpha value is -0.570. The summed E-state index contributed by atoms with van der Waals surface area (Å²) in [6.07, 6.45) is 4.02. The van der Waals surface area contributed by atoms with Gasteiger partial charge in [0.25, 0.3) is 0 Å². The first-order chi connectivity index (χ1) is 8.43. The first kappa shape index (κ1) is 15.5. The maximum Gasteiger partial charge on any atom is 0.228 e. The van der Waals surface area contributed by atoms with Gasteiger partial charge in [-0.05, 0) is 51.6 Å². The third-order valence-corrected chi connectivity index (χ3v) is 4.49. The van der Waals surface area contributed by atoms with E-state index in [0.29, 0.717) is 17.9 Å². The van der Waals surface area contributed by atoms with Crippen molar-refractivity contribution in [1.82, 2.24) is 10.2 Å². The van der Waals surface area contributed by atoms with Gasteiger partial charge in [-0.15, -0.1) is 0 Å². The summed E-state index contributed by atoms with van der Waals surface area (Å²) in [5.41, 5.74) is -0.106. The molecule has 1 unspecified atom stereocenters. The molecular formula is C15H30N2O. The summed E-state index contributed by atoms with van der Waals surface area (Å²) in [6.45, 7) is 10.7. The molecule has 3 heteroatoms. The predicted octanol–water partition coefficient (Wildman–Crippen LogP) is 2.66. The fourth-order valence-corrected chi connectivity index (χ4v) is 3.04. The Kier molecular flexibility index (Phi) is 5.64. The Morgan fingerprint density at radius 1 is 1.28 bits per heavy atom. The van der Waals surface area contributed by atoms with Crippen molar-refractivity contribution in [2.24, 2.45) is 11.3 Å². The van der Waals surface area contributed by atoms with Gasteiger partial charge in [-0.1, -0.05) is 20.8 Å². The average Bonchev–Trinajstić information content (AvgIpc) is 2.37. The summed E-state index contributed by atoms with van der Waals surface area (Å²) in [7, 11) is 1.98. The summed E-state index contributed by atoms with van der Waals surface area (Å²) < 4.78 is 0. The molecule has 1 saturated heterocycles. The molecule has 1 atom stereocenters. The summed E-state index contributed by atoms with van der Waals surface area (Å²) in [4.78, 5) is 14.8. The first-order valence-electron chi connectivity index (χ1n) is 7.41. The van der Waals surface area contributed by atoms with Crippen LogP contribution in [0.1, 0.15) is 53.4 Å². The SMILES string of the molecule is CCC1(C(=O)N(C)C(C)CC(C)C)CCNCC1. The van der Waals surface area contributed by atoms with Crippen LogP contribution in [0.25, 0.3) is 0 Å². The highest BCUT2D eigenvalue weighted by Gasteiger charge is 2.40. The van der Waals surface area contributed by atoms with E-state index in [4.69, 9.17) is 0 Å². The zero-order valence-corrected chi connectivity index (χ0v) is 12.8. The molecule has 0 aliphatic carbocycles. The second kappa shape index (κ2) is 6.55. The van der Waals surface area contributed by atoms with Crippen LogP contribution in [0.2, 0.25) is 0 Å². The molecular weight excluding hydrogens is 224 g/mol. The van der Waals surface area contributed by atoms with Crippen LogP contribution in [0.15, 0.2) is 0 Å². The minimum absolute atomic E-state index is 0.106. The van der Waals surface area contributed by atoms with Gasteiger partial charge in [0.05, 0.1) is 5.41 Å². The van der Waals surface area contributed by atoms with Gasteiger partial charge in [-0.25, -0.2) is 0 Å². The highest BCUT2D eigenvalue weighted by Crippen LogP contribution is 2.35. The number of rotatable bonds is 5. The van der Waals surface area contributed by atoms with Crippen molar-refractivity contribution in [3.63, 3.8) is 0 Å². The van der Waals surface area contributed by atoms with E-state index in [1.54, 1.807) is 0 Å². The highest BCUT2D eigenvalue weighted by molar-refractivity contribution is 5.83. The van der Waals surface area contributed by atoms with Crippen LogP contribution in [0.5, 0.6) is 0 Å². The van der Waals surface area contributed by atoms with E-state index < -0.39 is 0 Å².